The fourth-order valence-corrected chi connectivity index (χ4v) is 3.97. The van der Waals surface area contributed by atoms with E-state index >= 15 is 0 Å². The minimum Gasteiger partial charge on any atom is -0.476 e. The molecule has 0 saturated carbocycles. The monoisotopic (exact) mass is 596 g/mol. The number of nitrogens with zero attached hydrogens (tertiary/aromatic N) is 3. The molecule has 14 heteroatoms. The Morgan fingerprint density at radius 2 is 1.77 bits per heavy atom. The minimum atomic E-state index is -4.86. The highest BCUT2D eigenvalue weighted by Gasteiger charge is 2.38. The number of halogens is 5. The zero-order valence-electron chi connectivity index (χ0n) is 20.9. The van der Waals surface area contributed by atoms with Crippen LogP contribution in [0.15, 0.2) is 60.7 Å². The van der Waals surface area contributed by atoms with Gasteiger partial charge in [-0.05, 0) is 35.9 Å². The lowest BCUT2D eigenvalue weighted by Gasteiger charge is -2.11. The number of hydrogen-bond acceptors (Lipinski definition) is 5. The number of carboxylic acid groups (broad SMARTS) is 1. The van der Waals surface area contributed by atoms with Crippen LogP contribution in [0.1, 0.15) is 35.5 Å². The number of aromatic carboxylic acids is 1. The Morgan fingerprint density at radius 1 is 1.10 bits per heavy atom. The number of anilines is 1. The lowest BCUT2D eigenvalue weighted by Crippen LogP contribution is -2.18. The molecule has 0 unspecified atom stereocenters. The van der Waals surface area contributed by atoms with Crippen LogP contribution in [0.2, 0.25) is 10.0 Å². The van der Waals surface area contributed by atoms with Gasteiger partial charge in [0.05, 0.1) is 17.0 Å². The Bertz CT molecular complexity index is 1590. The molecular formula is C26H21Cl2F3N4O5. The zero-order valence-corrected chi connectivity index (χ0v) is 22.4. The molecule has 0 aliphatic carbocycles. The van der Waals surface area contributed by atoms with Crippen molar-refractivity contribution >= 4 is 57.4 Å². The van der Waals surface area contributed by atoms with Crippen LogP contribution in [0.5, 0.6) is 0 Å². The molecule has 3 aromatic carbocycles. The normalized spacial score (nSPS) is 11.2. The van der Waals surface area contributed by atoms with Crippen LogP contribution in [0.25, 0.3) is 10.9 Å². The van der Waals surface area contributed by atoms with Crippen LogP contribution >= 0.6 is 23.2 Å². The van der Waals surface area contributed by atoms with Gasteiger partial charge in [-0.2, -0.15) is 18.3 Å². The lowest BCUT2D eigenvalue weighted by molar-refractivity contribution is -0.388. The first-order valence-electron chi connectivity index (χ1n) is 11.5. The first-order valence-corrected chi connectivity index (χ1v) is 12.2. The Hall–Kier alpha value is -4.16. The summed E-state index contributed by atoms with van der Waals surface area (Å²) in [6.07, 6.45) is -4.86. The number of aromatic nitrogens is 2. The van der Waals surface area contributed by atoms with Crippen LogP contribution < -0.4 is 5.32 Å². The van der Waals surface area contributed by atoms with Crippen molar-refractivity contribution < 1.29 is 32.8 Å². The quantitative estimate of drug-likeness (QED) is 0.177. The summed E-state index contributed by atoms with van der Waals surface area (Å²) < 4.78 is 39.6. The van der Waals surface area contributed by atoms with Crippen LogP contribution in [0.3, 0.4) is 0 Å². The van der Waals surface area contributed by atoms with Crippen molar-refractivity contribution in [2.24, 2.45) is 5.92 Å². The van der Waals surface area contributed by atoms with Crippen molar-refractivity contribution in [3.05, 3.63) is 97.6 Å². The third-order valence-electron chi connectivity index (χ3n) is 5.49. The van der Waals surface area contributed by atoms with Crippen LogP contribution in [-0.4, -0.2) is 31.7 Å². The number of benzene rings is 3. The molecule has 1 heterocycles. The van der Waals surface area contributed by atoms with Gasteiger partial charge in [-0.25, -0.2) is 4.79 Å². The topological polar surface area (TPSA) is 127 Å². The van der Waals surface area contributed by atoms with E-state index in [1.54, 1.807) is 42.8 Å². The van der Waals surface area contributed by atoms with Crippen molar-refractivity contribution in [3.8, 4) is 0 Å². The summed E-state index contributed by atoms with van der Waals surface area (Å²) in [5.74, 6) is -1.93. The number of alkyl halides is 3. The maximum absolute atomic E-state index is 12.7. The molecule has 0 saturated heterocycles. The molecule has 0 fully saturated rings. The molecule has 0 aliphatic rings. The number of para-hydroxylation sites is 1. The number of nitro benzene ring substituents is 1. The van der Waals surface area contributed by atoms with E-state index in [4.69, 9.17) is 23.2 Å². The van der Waals surface area contributed by atoms with Crippen LogP contribution in [-0.2, 0) is 17.5 Å². The summed E-state index contributed by atoms with van der Waals surface area (Å²) in [5, 5.41) is 27.9. The van der Waals surface area contributed by atoms with E-state index in [1.807, 2.05) is 18.2 Å². The average Bonchev–Trinajstić information content (AvgIpc) is 3.24. The van der Waals surface area contributed by atoms with Gasteiger partial charge in [0.2, 0.25) is 5.91 Å². The van der Waals surface area contributed by atoms with Crippen molar-refractivity contribution in [1.29, 1.82) is 0 Å². The molecule has 0 radical (unpaired) electrons. The maximum atomic E-state index is 12.7. The standard InChI is InChI=1S/C15H10Cl2N2O2.C11H11F3N2O3/c16-10-6-5-9(12(17)7-10)8-19-13-4-2-1-3-11(13)14(18-19)15(20)21;1-6(2)10(17)15-7-3-4-9(16(18)19)8(5-7)11(12,13)14/h1-7H,8H2,(H,20,21);3-6H,1-2H3,(H,15,17). The molecule has 1 amide bonds. The second-order valence-corrected chi connectivity index (χ2v) is 9.54. The van der Waals surface area contributed by atoms with Crippen LogP contribution in [0, 0.1) is 16.0 Å². The number of nitro groups is 1. The van der Waals surface area contributed by atoms with Gasteiger partial charge < -0.3 is 10.4 Å². The molecule has 0 bridgehead atoms. The smallest absolute Gasteiger partial charge is 0.423 e. The molecule has 4 rings (SSSR count). The molecule has 40 heavy (non-hydrogen) atoms. The first kappa shape index (κ1) is 30.4. The van der Waals surface area contributed by atoms with E-state index in [2.05, 4.69) is 10.4 Å². The molecule has 1 aromatic heterocycles. The predicted octanol–water partition coefficient (Wildman–Crippen LogP) is 7.30. The van der Waals surface area contributed by atoms with Crippen molar-refractivity contribution in [2.45, 2.75) is 26.6 Å². The molecule has 0 atom stereocenters. The predicted molar refractivity (Wildman–Crippen MR) is 144 cm³/mol. The number of amides is 1. The number of nitrogens with one attached hydrogen (secondary N) is 1. The molecular weight excluding hydrogens is 576 g/mol. The van der Waals surface area contributed by atoms with E-state index in [0.717, 1.165) is 23.2 Å². The maximum Gasteiger partial charge on any atom is 0.423 e. The van der Waals surface area contributed by atoms with Gasteiger partial charge in [0.1, 0.15) is 5.56 Å². The lowest BCUT2D eigenvalue weighted by atomic mass is 10.1. The molecule has 2 N–H and O–H groups in total. The Kier molecular flexibility index (Phi) is 9.38. The first-order chi connectivity index (χ1) is 18.7. The van der Waals surface area contributed by atoms with Gasteiger partial charge in [0, 0.05) is 33.1 Å². The van der Waals surface area contributed by atoms with E-state index < -0.39 is 40.1 Å². The molecule has 4 aromatic rings. The van der Waals surface area contributed by atoms with Gasteiger partial charge in [0.15, 0.2) is 5.69 Å². The highest BCUT2D eigenvalue weighted by Crippen LogP contribution is 2.37. The summed E-state index contributed by atoms with van der Waals surface area (Å²) in [6, 6.07) is 14.7. The average molecular weight is 597 g/mol. The van der Waals surface area contributed by atoms with Crippen molar-refractivity contribution in [1.82, 2.24) is 9.78 Å². The number of fused-ring (bicyclic) bond motifs is 1. The second-order valence-electron chi connectivity index (χ2n) is 8.70. The Balaban J connectivity index is 0.000000222. The SMILES string of the molecule is CC(C)C(=O)Nc1ccc([N+](=O)[O-])c(C(F)(F)F)c1.O=C(O)c1nn(Cc2ccc(Cl)cc2Cl)c2ccccc12. The van der Waals surface area contributed by atoms with Crippen molar-refractivity contribution in [3.63, 3.8) is 0 Å². The van der Waals surface area contributed by atoms with Gasteiger partial charge in [-0.15, -0.1) is 0 Å². The molecule has 0 spiro atoms. The summed E-state index contributed by atoms with van der Waals surface area (Å²) in [5.41, 5.74) is -0.950. The fraction of sp³-hybridized carbons (Fsp3) is 0.192. The number of rotatable bonds is 6. The Morgan fingerprint density at radius 3 is 2.35 bits per heavy atom. The number of carbonyl (C=O) groups excluding carboxylic acids is 1. The number of hydrogen-bond donors (Lipinski definition) is 2. The summed E-state index contributed by atoms with van der Waals surface area (Å²) >= 11 is 12.0. The summed E-state index contributed by atoms with van der Waals surface area (Å²) in [6.45, 7) is 3.53. The van der Waals surface area contributed by atoms with E-state index in [0.29, 0.717) is 28.0 Å². The number of carboxylic acids is 1. The van der Waals surface area contributed by atoms with Gasteiger partial charge in [-0.3, -0.25) is 19.6 Å². The molecule has 0 aliphatic heterocycles. The largest absolute Gasteiger partial charge is 0.476 e. The highest BCUT2D eigenvalue weighted by molar-refractivity contribution is 6.35. The minimum absolute atomic E-state index is 0.0377. The third kappa shape index (κ3) is 7.27. The van der Waals surface area contributed by atoms with Crippen LogP contribution in [0.4, 0.5) is 24.5 Å². The summed E-state index contributed by atoms with van der Waals surface area (Å²) in [7, 11) is 0. The van der Waals surface area contributed by atoms with Gasteiger partial charge in [0.25, 0.3) is 5.69 Å². The summed E-state index contributed by atoms with van der Waals surface area (Å²) in [4.78, 5) is 32.1. The van der Waals surface area contributed by atoms with E-state index in [9.17, 15) is 38.0 Å². The zero-order chi connectivity index (χ0) is 29.8. The third-order valence-corrected chi connectivity index (χ3v) is 6.07. The molecule has 9 nitrogen and oxygen atoms in total. The van der Waals surface area contributed by atoms with E-state index in [1.165, 1.54) is 0 Å². The number of carbonyl (C=O) groups is 2. The van der Waals surface area contributed by atoms with Gasteiger partial charge >= 0.3 is 12.1 Å². The second kappa shape index (κ2) is 12.3. The van der Waals surface area contributed by atoms with E-state index in [-0.39, 0.29) is 11.4 Å². The van der Waals surface area contributed by atoms with Gasteiger partial charge in [-0.1, -0.05) is 61.3 Å². The fourth-order valence-electron chi connectivity index (χ4n) is 3.50. The Labute approximate surface area is 235 Å². The molecule has 210 valence electrons. The van der Waals surface area contributed by atoms with Crippen molar-refractivity contribution in [2.75, 3.05) is 5.32 Å². The highest BCUT2D eigenvalue weighted by atomic mass is 35.5.